The van der Waals surface area contributed by atoms with E-state index >= 15 is 0 Å². The lowest BCUT2D eigenvalue weighted by molar-refractivity contribution is 0.158. The van der Waals surface area contributed by atoms with Crippen LogP contribution in [-0.2, 0) is 4.43 Å². The zero-order valence-corrected chi connectivity index (χ0v) is 21.2. The minimum Gasteiger partial charge on any atom is -0.404 e. The SMILES string of the molecule is CC(C)(C)[Si](OC1CCN(c2ccc(Br)cn2)CC1)(c1ccccc1)c1ccccc1. The fourth-order valence-corrected chi connectivity index (χ4v) is 9.68. The third kappa shape index (κ3) is 4.64. The number of pyridine rings is 1. The largest absolute Gasteiger partial charge is 0.404 e. The molecule has 1 aliphatic rings. The third-order valence-corrected chi connectivity index (χ3v) is 11.8. The van der Waals surface area contributed by atoms with Crippen molar-refractivity contribution < 1.29 is 4.43 Å². The van der Waals surface area contributed by atoms with Gasteiger partial charge in [-0.2, -0.15) is 0 Å². The molecule has 0 amide bonds. The van der Waals surface area contributed by atoms with Gasteiger partial charge in [-0.1, -0.05) is 81.4 Å². The number of nitrogens with zero attached hydrogens (tertiary/aromatic N) is 2. The Balaban J connectivity index is 1.62. The Morgan fingerprint density at radius 2 is 1.42 bits per heavy atom. The number of benzene rings is 2. The number of halogens is 1. The van der Waals surface area contributed by atoms with E-state index in [4.69, 9.17) is 4.43 Å². The Bertz CT molecular complexity index is 926. The van der Waals surface area contributed by atoms with E-state index in [1.54, 1.807) is 0 Å². The van der Waals surface area contributed by atoms with E-state index < -0.39 is 8.32 Å². The molecule has 0 spiro atoms. The van der Waals surface area contributed by atoms with Crippen molar-refractivity contribution in [1.29, 1.82) is 0 Å². The molecule has 3 aromatic rings. The summed E-state index contributed by atoms with van der Waals surface area (Å²) in [5.41, 5.74) is 0. The van der Waals surface area contributed by atoms with Crippen LogP contribution in [0.3, 0.4) is 0 Å². The van der Waals surface area contributed by atoms with Gasteiger partial charge in [-0.25, -0.2) is 4.98 Å². The monoisotopic (exact) mass is 494 g/mol. The zero-order chi connectivity index (χ0) is 21.9. The number of hydrogen-bond donors (Lipinski definition) is 0. The summed E-state index contributed by atoms with van der Waals surface area (Å²) < 4.78 is 8.32. The van der Waals surface area contributed by atoms with Gasteiger partial charge in [0.2, 0.25) is 0 Å². The summed E-state index contributed by atoms with van der Waals surface area (Å²) in [7, 11) is -2.49. The highest BCUT2D eigenvalue weighted by atomic mass is 79.9. The number of anilines is 1. The van der Waals surface area contributed by atoms with Crippen molar-refractivity contribution in [2.45, 2.75) is 44.8 Å². The van der Waals surface area contributed by atoms with Crippen LogP contribution in [0, 0.1) is 0 Å². The third-order valence-electron chi connectivity index (χ3n) is 6.24. The molecular formula is C26H31BrN2OSi. The molecule has 0 atom stereocenters. The van der Waals surface area contributed by atoms with Gasteiger partial charge in [0, 0.05) is 29.9 Å². The van der Waals surface area contributed by atoms with Crippen molar-refractivity contribution in [3.8, 4) is 0 Å². The van der Waals surface area contributed by atoms with Gasteiger partial charge in [0.15, 0.2) is 0 Å². The van der Waals surface area contributed by atoms with E-state index in [2.05, 4.69) is 119 Å². The van der Waals surface area contributed by atoms with Crippen molar-refractivity contribution >= 4 is 40.4 Å². The van der Waals surface area contributed by atoms with Crippen LogP contribution in [0.4, 0.5) is 5.82 Å². The molecule has 31 heavy (non-hydrogen) atoms. The predicted molar refractivity (Wildman–Crippen MR) is 136 cm³/mol. The van der Waals surface area contributed by atoms with Crippen LogP contribution in [0.2, 0.25) is 5.04 Å². The molecule has 0 aliphatic carbocycles. The molecule has 0 unspecified atom stereocenters. The van der Waals surface area contributed by atoms with Crippen LogP contribution in [0.5, 0.6) is 0 Å². The predicted octanol–water partition coefficient (Wildman–Crippen LogP) is 5.39. The molecule has 2 heterocycles. The highest BCUT2D eigenvalue weighted by molar-refractivity contribution is 9.10. The van der Waals surface area contributed by atoms with Gasteiger partial charge < -0.3 is 9.33 Å². The van der Waals surface area contributed by atoms with Crippen molar-refractivity contribution in [1.82, 2.24) is 4.98 Å². The topological polar surface area (TPSA) is 25.4 Å². The average Bonchev–Trinajstić information content (AvgIpc) is 2.79. The van der Waals surface area contributed by atoms with Crippen molar-refractivity contribution in [3.63, 3.8) is 0 Å². The molecule has 1 aliphatic heterocycles. The van der Waals surface area contributed by atoms with E-state index in [1.165, 1.54) is 10.4 Å². The summed E-state index contributed by atoms with van der Waals surface area (Å²) in [6, 6.07) is 26.0. The Morgan fingerprint density at radius 3 is 1.87 bits per heavy atom. The second-order valence-corrected chi connectivity index (χ2v) is 14.5. The van der Waals surface area contributed by atoms with Crippen LogP contribution < -0.4 is 15.3 Å². The molecule has 1 saturated heterocycles. The Hall–Kier alpha value is -1.95. The summed E-state index contributed by atoms with van der Waals surface area (Å²) in [5.74, 6) is 1.05. The highest BCUT2D eigenvalue weighted by Gasteiger charge is 2.51. The van der Waals surface area contributed by atoms with Gasteiger partial charge in [-0.3, -0.25) is 0 Å². The van der Waals surface area contributed by atoms with E-state index in [0.717, 1.165) is 36.2 Å². The first-order chi connectivity index (χ1) is 14.9. The second-order valence-electron chi connectivity index (χ2n) is 9.30. The summed E-state index contributed by atoms with van der Waals surface area (Å²) in [6.07, 6.45) is 4.16. The second kappa shape index (κ2) is 9.27. The standard InChI is InChI=1S/C26H31BrN2OSi/c1-26(2,3)31(23-10-6-4-7-11-23,24-12-8-5-9-13-24)30-22-16-18-29(19-17-22)25-15-14-21(27)20-28-25/h4-15,20,22H,16-19H2,1-3H3. The molecule has 3 nitrogen and oxygen atoms in total. The van der Waals surface area contributed by atoms with Gasteiger partial charge in [0.25, 0.3) is 8.32 Å². The summed E-state index contributed by atoms with van der Waals surface area (Å²) in [4.78, 5) is 6.96. The number of piperidine rings is 1. The quantitative estimate of drug-likeness (QED) is 0.444. The van der Waals surface area contributed by atoms with Crippen LogP contribution >= 0.6 is 15.9 Å². The maximum absolute atomic E-state index is 7.30. The van der Waals surface area contributed by atoms with Gasteiger partial charge in [-0.15, -0.1) is 0 Å². The minimum absolute atomic E-state index is 0.0140. The summed E-state index contributed by atoms with van der Waals surface area (Å²) in [6.45, 7) is 8.98. The fraction of sp³-hybridized carbons (Fsp3) is 0.346. The number of rotatable bonds is 5. The Kier molecular flexibility index (Phi) is 6.65. The first-order valence-electron chi connectivity index (χ1n) is 11.1. The molecule has 1 aromatic heterocycles. The normalized spacial score (nSPS) is 15.8. The van der Waals surface area contributed by atoms with Crippen LogP contribution in [0.15, 0.2) is 83.5 Å². The molecule has 5 heteroatoms. The molecule has 2 aromatic carbocycles. The lowest BCUT2D eigenvalue weighted by atomic mass is 10.1. The maximum Gasteiger partial charge on any atom is 0.261 e. The average molecular weight is 496 g/mol. The highest BCUT2D eigenvalue weighted by Crippen LogP contribution is 2.38. The first kappa shape index (κ1) is 22.2. The first-order valence-corrected chi connectivity index (χ1v) is 13.8. The van der Waals surface area contributed by atoms with Crippen LogP contribution in [0.1, 0.15) is 33.6 Å². The van der Waals surface area contributed by atoms with Crippen LogP contribution in [-0.4, -0.2) is 32.5 Å². The molecule has 162 valence electrons. The van der Waals surface area contributed by atoms with E-state index in [0.29, 0.717) is 0 Å². The molecule has 0 saturated carbocycles. The lowest BCUT2D eigenvalue weighted by Crippen LogP contribution is -2.68. The van der Waals surface area contributed by atoms with E-state index in [9.17, 15) is 0 Å². The number of hydrogen-bond acceptors (Lipinski definition) is 3. The molecule has 0 radical (unpaired) electrons. The van der Waals surface area contributed by atoms with Gasteiger partial charge in [0.1, 0.15) is 5.82 Å². The van der Waals surface area contributed by atoms with Gasteiger partial charge >= 0.3 is 0 Å². The van der Waals surface area contributed by atoms with Crippen molar-refractivity contribution in [2.75, 3.05) is 18.0 Å². The minimum atomic E-state index is -2.49. The van der Waals surface area contributed by atoms with Crippen molar-refractivity contribution in [2.24, 2.45) is 0 Å². The van der Waals surface area contributed by atoms with Gasteiger partial charge in [-0.05, 0) is 56.3 Å². The van der Waals surface area contributed by atoms with E-state index in [1.807, 2.05) is 6.20 Å². The Morgan fingerprint density at radius 1 is 0.871 bits per heavy atom. The molecular weight excluding hydrogens is 464 g/mol. The van der Waals surface area contributed by atoms with Gasteiger partial charge in [0.05, 0.1) is 0 Å². The maximum atomic E-state index is 7.30. The molecule has 4 rings (SSSR count). The molecule has 0 N–H and O–H groups in total. The number of aromatic nitrogens is 1. The van der Waals surface area contributed by atoms with Crippen LogP contribution in [0.25, 0.3) is 0 Å². The summed E-state index contributed by atoms with van der Waals surface area (Å²) >= 11 is 3.48. The molecule has 1 fully saturated rings. The Labute approximate surface area is 195 Å². The summed E-state index contributed by atoms with van der Waals surface area (Å²) in [5, 5.41) is 2.72. The molecule has 0 bridgehead atoms. The lowest BCUT2D eigenvalue weighted by Gasteiger charge is -2.46. The fourth-order valence-electron chi connectivity index (χ4n) is 4.70. The van der Waals surface area contributed by atoms with Crippen molar-refractivity contribution in [3.05, 3.63) is 83.5 Å². The van der Waals surface area contributed by atoms with E-state index in [-0.39, 0.29) is 11.1 Å². The zero-order valence-electron chi connectivity index (χ0n) is 18.6. The smallest absolute Gasteiger partial charge is 0.261 e.